The third-order valence-corrected chi connectivity index (χ3v) is 3.39. The van der Waals surface area contributed by atoms with Crippen molar-refractivity contribution in [2.24, 2.45) is 0 Å². The molecule has 1 heterocycles. The van der Waals surface area contributed by atoms with Crippen LogP contribution >= 0.6 is 11.8 Å². The van der Waals surface area contributed by atoms with Gasteiger partial charge in [0.25, 0.3) is 0 Å². The monoisotopic (exact) mass is 275 g/mol. The van der Waals surface area contributed by atoms with E-state index in [-0.39, 0.29) is 18.6 Å². The minimum atomic E-state index is -0.558. The quantitative estimate of drug-likeness (QED) is 0.736. The van der Waals surface area contributed by atoms with Crippen molar-refractivity contribution in [1.29, 1.82) is 0 Å². The van der Waals surface area contributed by atoms with Gasteiger partial charge < -0.3 is 14.4 Å². The summed E-state index contributed by atoms with van der Waals surface area (Å²) in [6, 6.07) is 0. The fourth-order valence-electron chi connectivity index (χ4n) is 1.43. The van der Waals surface area contributed by atoms with Crippen LogP contribution in [0.4, 0.5) is 4.79 Å². The number of amides is 1. The molecular weight excluding hydrogens is 254 g/mol. The van der Waals surface area contributed by atoms with E-state index in [0.29, 0.717) is 0 Å². The Hall–Kier alpha value is -0.910. The van der Waals surface area contributed by atoms with Gasteiger partial charge >= 0.3 is 12.1 Å². The maximum atomic E-state index is 11.6. The van der Waals surface area contributed by atoms with Gasteiger partial charge in [0.15, 0.2) is 0 Å². The summed E-state index contributed by atoms with van der Waals surface area (Å²) in [6.45, 7) is 5.28. The molecule has 1 atom stereocenters. The number of nitrogens with zero attached hydrogens (tertiary/aromatic N) is 1. The maximum absolute atomic E-state index is 11.6. The van der Waals surface area contributed by atoms with Gasteiger partial charge in [-0.05, 0) is 32.9 Å². The van der Waals surface area contributed by atoms with Crippen LogP contribution in [0.25, 0.3) is 0 Å². The highest BCUT2D eigenvalue weighted by molar-refractivity contribution is 7.99. The molecule has 0 unspecified atom stereocenters. The van der Waals surface area contributed by atoms with E-state index in [9.17, 15) is 9.59 Å². The van der Waals surface area contributed by atoms with Crippen molar-refractivity contribution < 1.29 is 19.1 Å². The first-order valence-corrected chi connectivity index (χ1v) is 7.15. The average Bonchev–Trinajstić information content (AvgIpc) is 2.67. The fraction of sp³-hybridized carbons (Fsp3) is 0.833. The highest BCUT2D eigenvalue weighted by Gasteiger charge is 2.24. The molecule has 1 aliphatic heterocycles. The lowest BCUT2D eigenvalue weighted by Gasteiger charge is -2.24. The standard InChI is InChI=1S/C12H21NO4S/c1-12(2,3)17-11(15)13(4)7-10(14)16-9-5-6-18-8-9/h9H,5-8H2,1-4H3/t9-/m1/s1. The Morgan fingerprint density at radius 1 is 1.39 bits per heavy atom. The van der Waals surface area contributed by atoms with E-state index < -0.39 is 11.7 Å². The van der Waals surface area contributed by atoms with E-state index in [0.717, 1.165) is 17.9 Å². The molecule has 1 aliphatic rings. The number of thioether (sulfide) groups is 1. The van der Waals surface area contributed by atoms with Crippen molar-refractivity contribution >= 4 is 23.8 Å². The number of esters is 1. The number of hydrogen-bond acceptors (Lipinski definition) is 5. The maximum Gasteiger partial charge on any atom is 0.410 e. The van der Waals surface area contributed by atoms with Crippen molar-refractivity contribution in [3.05, 3.63) is 0 Å². The van der Waals surface area contributed by atoms with E-state index in [2.05, 4.69) is 0 Å². The molecule has 0 N–H and O–H groups in total. The zero-order chi connectivity index (χ0) is 13.8. The van der Waals surface area contributed by atoms with E-state index in [1.807, 2.05) is 0 Å². The first-order chi connectivity index (χ1) is 8.28. The smallest absolute Gasteiger partial charge is 0.410 e. The summed E-state index contributed by atoms with van der Waals surface area (Å²) < 4.78 is 10.4. The predicted octanol–water partition coefficient (Wildman–Crippen LogP) is 1.90. The first kappa shape index (κ1) is 15.1. The third-order valence-electron chi connectivity index (χ3n) is 2.26. The Labute approximate surface area is 112 Å². The average molecular weight is 275 g/mol. The molecule has 1 fully saturated rings. The Balaban J connectivity index is 2.31. The minimum Gasteiger partial charge on any atom is -0.460 e. The molecule has 0 radical (unpaired) electrons. The van der Waals surface area contributed by atoms with Gasteiger partial charge in [-0.25, -0.2) is 4.79 Å². The summed E-state index contributed by atoms with van der Waals surface area (Å²) >= 11 is 1.77. The van der Waals surface area contributed by atoms with Crippen molar-refractivity contribution in [3.8, 4) is 0 Å². The molecule has 18 heavy (non-hydrogen) atoms. The van der Waals surface area contributed by atoms with Crippen LogP contribution in [0, 0.1) is 0 Å². The fourth-order valence-corrected chi connectivity index (χ4v) is 2.52. The van der Waals surface area contributed by atoms with Crippen LogP contribution in [0.1, 0.15) is 27.2 Å². The molecule has 6 heteroatoms. The highest BCUT2D eigenvalue weighted by Crippen LogP contribution is 2.20. The second-order valence-electron chi connectivity index (χ2n) is 5.31. The SMILES string of the molecule is CN(CC(=O)O[C@@H]1CCSC1)C(=O)OC(C)(C)C. The minimum absolute atomic E-state index is 0.00506. The van der Waals surface area contributed by atoms with Crippen LogP contribution < -0.4 is 0 Å². The predicted molar refractivity (Wildman–Crippen MR) is 70.7 cm³/mol. The lowest BCUT2D eigenvalue weighted by molar-refractivity contribution is -0.148. The lowest BCUT2D eigenvalue weighted by atomic mass is 10.2. The van der Waals surface area contributed by atoms with E-state index in [1.54, 1.807) is 32.5 Å². The van der Waals surface area contributed by atoms with Gasteiger partial charge in [0.2, 0.25) is 0 Å². The third kappa shape index (κ3) is 5.62. The van der Waals surface area contributed by atoms with Gasteiger partial charge in [0.05, 0.1) is 0 Å². The van der Waals surface area contributed by atoms with Crippen LogP contribution in [-0.4, -0.2) is 53.8 Å². The molecule has 1 rings (SSSR count). The van der Waals surface area contributed by atoms with Crippen molar-refractivity contribution in [2.75, 3.05) is 25.1 Å². The molecule has 0 aromatic heterocycles. The molecule has 5 nitrogen and oxygen atoms in total. The molecule has 104 valence electrons. The Morgan fingerprint density at radius 3 is 2.56 bits per heavy atom. The molecule has 0 spiro atoms. The van der Waals surface area contributed by atoms with E-state index in [4.69, 9.17) is 9.47 Å². The Bertz CT molecular complexity index is 308. The van der Waals surface area contributed by atoms with Gasteiger partial charge in [-0.1, -0.05) is 0 Å². The molecular formula is C12H21NO4S. The van der Waals surface area contributed by atoms with Gasteiger partial charge in [-0.15, -0.1) is 0 Å². The lowest BCUT2D eigenvalue weighted by Crippen LogP contribution is -2.38. The largest absolute Gasteiger partial charge is 0.460 e. The number of carbonyl (C=O) groups is 2. The van der Waals surface area contributed by atoms with Crippen LogP contribution in [0.3, 0.4) is 0 Å². The molecule has 0 bridgehead atoms. The zero-order valence-electron chi connectivity index (χ0n) is 11.4. The number of rotatable bonds is 3. The second kappa shape index (κ2) is 6.31. The number of hydrogen-bond donors (Lipinski definition) is 0. The summed E-state index contributed by atoms with van der Waals surface area (Å²) in [7, 11) is 1.53. The normalized spacial score (nSPS) is 19.4. The molecule has 0 aliphatic carbocycles. The second-order valence-corrected chi connectivity index (χ2v) is 6.46. The number of likely N-dealkylation sites (N-methyl/N-ethyl adjacent to an activating group) is 1. The van der Waals surface area contributed by atoms with Gasteiger partial charge in [-0.2, -0.15) is 11.8 Å². The molecule has 0 saturated carbocycles. The molecule has 1 amide bonds. The summed E-state index contributed by atoms with van der Waals surface area (Å²) in [5.41, 5.74) is -0.558. The first-order valence-electron chi connectivity index (χ1n) is 5.99. The van der Waals surface area contributed by atoms with Crippen molar-refractivity contribution in [2.45, 2.75) is 38.9 Å². The molecule has 1 saturated heterocycles. The van der Waals surface area contributed by atoms with Crippen LogP contribution in [0.5, 0.6) is 0 Å². The summed E-state index contributed by atoms with van der Waals surface area (Å²) in [4.78, 5) is 24.5. The number of ether oxygens (including phenoxy) is 2. The summed E-state index contributed by atoms with van der Waals surface area (Å²) in [5, 5.41) is 0. The number of carbonyl (C=O) groups excluding carboxylic acids is 2. The Morgan fingerprint density at radius 2 is 2.06 bits per heavy atom. The van der Waals surface area contributed by atoms with E-state index in [1.165, 1.54) is 11.9 Å². The topological polar surface area (TPSA) is 55.8 Å². The van der Waals surface area contributed by atoms with Gasteiger partial charge in [0, 0.05) is 12.8 Å². The van der Waals surface area contributed by atoms with Gasteiger partial charge in [-0.3, -0.25) is 4.79 Å². The zero-order valence-corrected chi connectivity index (χ0v) is 12.2. The van der Waals surface area contributed by atoms with Crippen LogP contribution in [0.15, 0.2) is 0 Å². The summed E-state index contributed by atoms with van der Waals surface area (Å²) in [6.07, 6.45) is 0.377. The van der Waals surface area contributed by atoms with Gasteiger partial charge in [0.1, 0.15) is 18.2 Å². The Kier molecular flexibility index (Phi) is 5.31. The molecule has 0 aromatic carbocycles. The van der Waals surface area contributed by atoms with Crippen LogP contribution in [0.2, 0.25) is 0 Å². The van der Waals surface area contributed by atoms with Crippen LogP contribution in [-0.2, 0) is 14.3 Å². The highest BCUT2D eigenvalue weighted by atomic mass is 32.2. The van der Waals surface area contributed by atoms with Crippen molar-refractivity contribution in [1.82, 2.24) is 4.90 Å². The van der Waals surface area contributed by atoms with E-state index >= 15 is 0 Å². The summed E-state index contributed by atoms with van der Waals surface area (Å²) in [5.74, 6) is 1.50. The van der Waals surface area contributed by atoms with Crippen molar-refractivity contribution in [3.63, 3.8) is 0 Å². The molecule has 0 aromatic rings.